The number of Topliss-reactive ketones (excluding diaryl/α,β-unsaturated/α-hetero) is 1. The van der Waals surface area contributed by atoms with Gasteiger partial charge in [-0.25, -0.2) is 0 Å². The Hall–Kier alpha value is -0.370. The van der Waals surface area contributed by atoms with Crippen molar-refractivity contribution in [1.82, 2.24) is 0 Å². The first-order valence-electron chi connectivity index (χ1n) is 5.38. The molecule has 0 saturated heterocycles. The van der Waals surface area contributed by atoms with Crippen molar-refractivity contribution >= 4 is 5.78 Å². The third-order valence-electron chi connectivity index (χ3n) is 3.68. The molecule has 2 aliphatic carbocycles. The lowest BCUT2D eigenvalue weighted by Crippen LogP contribution is -2.27. The van der Waals surface area contributed by atoms with E-state index in [1.807, 2.05) is 0 Å². The maximum atomic E-state index is 11.6. The van der Waals surface area contributed by atoms with Crippen molar-refractivity contribution in [3.63, 3.8) is 0 Å². The number of hydrogen-bond acceptors (Lipinski definition) is 2. The summed E-state index contributed by atoms with van der Waals surface area (Å²) >= 11 is 0. The van der Waals surface area contributed by atoms with Gasteiger partial charge < -0.3 is 4.74 Å². The van der Waals surface area contributed by atoms with Gasteiger partial charge in [-0.2, -0.15) is 0 Å². The minimum absolute atomic E-state index is 0.340. The lowest BCUT2D eigenvalue weighted by Gasteiger charge is -2.22. The molecule has 0 radical (unpaired) electrons. The van der Waals surface area contributed by atoms with Gasteiger partial charge in [-0.1, -0.05) is 6.42 Å². The van der Waals surface area contributed by atoms with Gasteiger partial charge in [-0.15, -0.1) is 0 Å². The zero-order valence-corrected chi connectivity index (χ0v) is 8.29. The Morgan fingerprint density at radius 1 is 1.23 bits per heavy atom. The lowest BCUT2D eigenvalue weighted by atomic mass is 9.87. The van der Waals surface area contributed by atoms with Crippen molar-refractivity contribution < 1.29 is 9.53 Å². The fourth-order valence-electron chi connectivity index (χ4n) is 3.00. The van der Waals surface area contributed by atoms with Gasteiger partial charge in [0.2, 0.25) is 0 Å². The largest absolute Gasteiger partial charge is 0.381 e. The van der Waals surface area contributed by atoms with Crippen LogP contribution < -0.4 is 0 Å². The van der Waals surface area contributed by atoms with E-state index < -0.39 is 0 Å². The summed E-state index contributed by atoms with van der Waals surface area (Å²) in [7, 11) is 1.78. The van der Waals surface area contributed by atoms with E-state index in [2.05, 4.69) is 0 Å². The Morgan fingerprint density at radius 2 is 2.08 bits per heavy atom. The van der Waals surface area contributed by atoms with Crippen LogP contribution in [-0.4, -0.2) is 19.0 Å². The highest BCUT2D eigenvalue weighted by atomic mass is 16.5. The van der Waals surface area contributed by atoms with Gasteiger partial charge in [0.05, 0.1) is 6.10 Å². The Morgan fingerprint density at radius 3 is 2.69 bits per heavy atom. The molecule has 0 heterocycles. The zero-order chi connectivity index (χ0) is 9.26. The molecule has 2 heteroatoms. The average molecular weight is 182 g/mol. The Labute approximate surface area is 79.7 Å². The molecule has 2 rings (SSSR count). The topological polar surface area (TPSA) is 26.3 Å². The van der Waals surface area contributed by atoms with Crippen LogP contribution in [0.4, 0.5) is 0 Å². The Bertz CT molecular complexity index is 200. The van der Waals surface area contributed by atoms with Crippen LogP contribution in [-0.2, 0) is 9.53 Å². The molecule has 13 heavy (non-hydrogen) atoms. The van der Waals surface area contributed by atoms with Crippen LogP contribution in [0.25, 0.3) is 0 Å². The first kappa shape index (κ1) is 9.20. The molecule has 3 unspecified atom stereocenters. The van der Waals surface area contributed by atoms with Gasteiger partial charge in [0.1, 0.15) is 5.78 Å². The molecule has 74 valence electrons. The highest BCUT2D eigenvalue weighted by Gasteiger charge is 2.39. The molecule has 0 aliphatic heterocycles. The highest BCUT2D eigenvalue weighted by molar-refractivity contribution is 5.83. The van der Waals surface area contributed by atoms with Crippen LogP contribution in [0.1, 0.15) is 38.5 Å². The number of methoxy groups -OCH3 is 1. The molecular weight excluding hydrogens is 164 g/mol. The van der Waals surface area contributed by atoms with Crippen LogP contribution in [0, 0.1) is 11.8 Å². The third-order valence-corrected chi connectivity index (χ3v) is 3.68. The second kappa shape index (κ2) is 3.79. The van der Waals surface area contributed by atoms with E-state index in [9.17, 15) is 4.79 Å². The highest BCUT2D eigenvalue weighted by Crippen LogP contribution is 2.39. The molecule has 2 fully saturated rings. The van der Waals surface area contributed by atoms with E-state index in [-0.39, 0.29) is 0 Å². The van der Waals surface area contributed by atoms with Crippen molar-refractivity contribution in [2.24, 2.45) is 11.8 Å². The fourth-order valence-corrected chi connectivity index (χ4v) is 3.00. The predicted molar refractivity (Wildman–Crippen MR) is 50.5 cm³/mol. The lowest BCUT2D eigenvalue weighted by molar-refractivity contribution is -0.123. The van der Waals surface area contributed by atoms with Crippen LogP contribution >= 0.6 is 0 Å². The summed E-state index contributed by atoms with van der Waals surface area (Å²) < 4.78 is 5.43. The maximum absolute atomic E-state index is 11.6. The molecule has 0 N–H and O–H groups in total. The molecule has 0 aromatic rings. The average Bonchev–Trinajstić information content (AvgIpc) is 2.71. The van der Waals surface area contributed by atoms with Crippen molar-refractivity contribution in [1.29, 1.82) is 0 Å². The van der Waals surface area contributed by atoms with Crippen molar-refractivity contribution in [3.8, 4) is 0 Å². The summed E-state index contributed by atoms with van der Waals surface area (Å²) in [6, 6.07) is 0. The second-order valence-corrected chi connectivity index (χ2v) is 4.33. The first-order valence-corrected chi connectivity index (χ1v) is 5.38. The third kappa shape index (κ3) is 1.64. The van der Waals surface area contributed by atoms with Crippen molar-refractivity contribution in [2.45, 2.75) is 44.6 Å². The first-order chi connectivity index (χ1) is 6.33. The number of carbonyl (C=O) groups is 1. The smallest absolute Gasteiger partial charge is 0.136 e. The summed E-state index contributed by atoms with van der Waals surface area (Å²) in [5, 5.41) is 0. The van der Waals surface area contributed by atoms with Crippen LogP contribution in [0.3, 0.4) is 0 Å². The predicted octanol–water partition coefficient (Wildman–Crippen LogP) is 2.17. The molecule has 3 atom stereocenters. The van der Waals surface area contributed by atoms with Gasteiger partial charge in [-0.05, 0) is 31.6 Å². The van der Waals surface area contributed by atoms with Gasteiger partial charge in [0.25, 0.3) is 0 Å². The monoisotopic (exact) mass is 182 g/mol. The van der Waals surface area contributed by atoms with Gasteiger partial charge in [0.15, 0.2) is 0 Å². The summed E-state index contributed by atoms with van der Waals surface area (Å²) in [6.07, 6.45) is 7.01. The zero-order valence-electron chi connectivity index (χ0n) is 8.29. The van der Waals surface area contributed by atoms with Gasteiger partial charge in [-0.3, -0.25) is 4.79 Å². The molecule has 2 aliphatic rings. The molecule has 0 spiro atoms. The van der Waals surface area contributed by atoms with E-state index in [0.29, 0.717) is 23.7 Å². The second-order valence-electron chi connectivity index (χ2n) is 4.33. The number of carbonyl (C=O) groups excluding carboxylic acids is 1. The number of hydrogen-bond donors (Lipinski definition) is 0. The van der Waals surface area contributed by atoms with Gasteiger partial charge in [0, 0.05) is 19.4 Å². The molecule has 2 saturated carbocycles. The van der Waals surface area contributed by atoms with Crippen LogP contribution in [0.5, 0.6) is 0 Å². The molecule has 0 aromatic heterocycles. The van der Waals surface area contributed by atoms with Crippen molar-refractivity contribution in [3.05, 3.63) is 0 Å². The van der Waals surface area contributed by atoms with Crippen LogP contribution in [0.15, 0.2) is 0 Å². The number of ether oxygens (including phenoxy) is 1. The minimum Gasteiger partial charge on any atom is -0.381 e. The molecule has 0 aromatic carbocycles. The van der Waals surface area contributed by atoms with E-state index in [1.54, 1.807) is 7.11 Å². The molecule has 0 amide bonds. The number of rotatable bonds is 2. The van der Waals surface area contributed by atoms with Crippen LogP contribution in [0.2, 0.25) is 0 Å². The van der Waals surface area contributed by atoms with E-state index in [0.717, 1.165) is 25.7 Å². The SMILES string of the molecule is COC1CCCC1C1CCCC1=O. The fraction of sp³-hybridized carbons (Fsp3) is 0.909. The van der Waals surface area contributed by atoms with Crippen molar-refractivity contribution in [2.75, 3.05) is 7.11 Å². The standard InChI is InChI=1S/C11H18O2/c1-13-11-7-3-5-9(11)8-4-2-6-10(8)12/h8-9,11H,2-7H2,1H3. The molecule has 0 bridgehead atoms. The van der Waals surface area contributed by atoms with E-state index >= 15 is 0 Å². The minimum atomic E-state index is 0.340. The van der Waals surface area contributed by atoms with Gasteiger partial charge >= 0.3 is 0 Å². The summed E-state index contributed by atoms with van der Waals surface area (Å²) in [6.45, 7) is 0. The summed E-state index contributed by atoms with van der Waals surface area (Å²) in [5.74, 6) is 1.38. The van der Waals surface area contributed by atoms with E-state index in [1.165, 1.54) is 12.8 Å². The van der Waals surface area contributed by atoms with E-state index in [4.69, 9.17) is 4.74 Å². The summed E-state index contributed by atoms with van der Waals surface area (Å²) in [4.78, 5) is 11.6. The summed E-state index contributed by atoms with van der Waals surface area (Å²) in [5.41, 5.74) is 0. The number of ketones is 1. The Balaban J connectivity index is 2.02. The molecular formula is C11H18O2. The maximum Gasteiger partial charge on any atom is 0.136 e. The normalized spacial score (nSPS) is 40.1. The Kier molecular flexibility index (Phi) is 2.68. The molecule has 2 nitrogen and oxygen atoms in total. The quantitative estimate of drug-likeness (QED) is 0.654.